The largest absolute Gasteiger partial charge is 0.147 e. The molecule has 0 saturated heterocycles. The zero-order valence-corrected chi connectivity index (χ0v) is 27.3. The van der Waals surface area contributed by atoms with Gasteiger partial charge < -0.3 is 0 Å². The Bertz CT molecular complexity index is 897. The van der Waals surface area contributed by atoms with E-state index in [-0.39, 0.29) is 35.6 Å². The summed E-state index contributed by atoms with van der Waals surface area (Å²) in [6, 6.07) is 11.6. The number of hydrogen-bond donors (Lipinski definition) is 0. The second-order valence-electron chi connectivity index (χ2n) is 10.9. The molecule has 0 spiro atoms. The second kappa shape index (κ2) is 8.96. The Morgan fingerprint density at radius 2 is 1.10 bits per heavy atom. The van der Waals surface area contributed by atoms with Crippen LogP contribution in [0.4, 0.5) is 0 Å². The Hall–Kier alpha value is 0.173. The molecule has 0 aliphatic heterocycles. The summed E-state index contributed by atoms with van der Waals surface area (Å²) in [6.45, 7) is 14.1. The third kappa shape index (κ3) is 4.99. The van der Waals surface area contributed by atoms with Crippen LogP contribution < -0.4 is 3.32 Å². The molecule has 1 aromatic carbocycles. The van der Waals surface area contributed by atoms with E-state index in [0.29, 0.717) is 0 Å². The van der Waals surface area contributed by atoms with Gasteiger partial charge in [-0.25, -0.2) is 0 Å². The van der Waals surface area contributed by atoms with E-state index in [4.69, 9.17) is 0 Å². The minimum Gasteiger partial charge on any atom is -0.147 e. The molecular formula is C25H38Cl2GeHf. The first kappa shape index (κ1) is 27.2. The molecule has 0 heterocycles. The van der Waals surface area contributed by atoms with Crippen LogP contribution in [0, 0.1) is 10.8 Å². The van der Waals surface area contributed by atoms with Gasteiger partial charge in [-0.05, 0) is 0 Å². The van der Waals surface area contributed by atoms with Gasteiger partial charge in [0.2, 0.25) is 0 Å². The molecule has 4 heteroatoms. The smallest absolute Gasteiger partial charge is 0.147 e. The minimum absolute atomic E-state index is 0. The van der Waals surface area contributed by atoms with Crippen molar-refractivity contribution >= 4 is 40.4 Å². The first-order valence-corrected chi connectivity index (χ1v) is 33.9. The molecule has 0 aromatic heterocycles. The maximum Gasteiger partial charge on any atom is -0.147 e. The summed E-state index contributed by atoms with van der Waals surface area (Å²) >= 11 is -2.12. The van der Waals surface area contributed by atoms with Crippen LogP contribution in [0.1, 0.15) is 54.4 Å². The van der Waals surface area contributed by atoms with Crippen molar-refractivity contribution in [2.24, 2.45) is 10.8 Å². The first-order valence-electron chi connectivity index (χ1n) is 10.3. The van der Waals surface area contributed by atoms with E-state index < -0.39 is 15.4 Å². The Morgan fingerprint density at radius 3 is 1.41 bits per heavy atom. The van der Waals surface area contributed by atoms with Gasteiger partial charge in [-0.1, -0.05) is 0 Å². The molecule has 0 nitrogen and oxygen atoms in total. The number of allylic oxidation sites excluding steroid dienone is 8. The molecule has 1 aromatic rings. The molecule has 0 amide bonds. The van der Waals surface area contributed by atoms with Crippen LogP contribution in [0.5, 0.6) is 0 Å². The fourth-order valence-corrected chi connectivity index (χ4v) is 33.7. The van der Waals surface area contributed by atoms with Crippen LogP contribution in [0.25, 0.3) is 0 Å². The van der Waals surface area contributed by atoms with Crippen molar-refractivity contribution in [3.05, 3.63) is 72.4 Å². The average molecular weight is 661 g/mol. The van der Waals surface area contributed by atoms with E-state index in [1.54, 1.807) is 9.98 Å². The maximum absolute atomic E-state index is 3.54. The van der Waals surface area contributed by atoms with Crippen molar-refractivity contribution in [2.45, 2.75) is 59.1 Å². The standard InChI is InChI=1S/2C9H13.C6H5.CH3.2ClH.GeH2.Hf/c2*1-9(2,3)8-6-4-5-7-8;1-2-4-6-5-3-1;;;;;/h2*6-7H,4H2,1-3H3;1-5H;1H3;2*1H;1H2;. The Morgan fingerprint density at radius 1 is 0.724 bits per heavy atom. The third-order valence-electron chi connectivity index (χ3n) is 6.77. The van der Waals surface area contributed by atoms with Gasteiger partial charge >= 0.3 is 173 Å². The molecule has 0 atom stereocenters. The normalized spacial score (nSPS) is 17.5. The predicted molar refractivity (Wildman–Crippen MR) is 135 cm³/mol. The average Bonchev–Trinajstić information content (AvgIpc) is 3.25. The fraction of sp³-hybridized carbons (Fsp3) is 0.440. The van der Waals surface area contributed by atoms with Crippen molar-refractivity contribution in [2.75, 3.05) is 0 Å². The molecule has 2 aliphatic carbocycles. The topological polar surface area (TPSA) is 0 Å². The van der Waals surface area contributed by atoms with E-state index in [0.717, 1.165) is 12.8 Å². The quantitative estimate of drug-likeness (QED) is 0.308. The zero-order chi connectivity index (χ0) is 20.1. The molecule has 0 N–H and O–H groups in total. The van der Waals surface area contributed by atoms with E-state index in [2.05, 4.69) is 101 Å². The Labute approximate surface area is 196 Å². The van der Waals surface area contributed by atoms with Crippen molar-refractivity contribution in [3.8, 4) is 0 Å². The minimum atomic E-state index is -3.54. The zero-order valence-electron chi connectivity index (χ0n) is 19.1. The third-order valence-corrected chi connectivity index (χ3v) is 51.2. The second-order valence-corrected chi connectivity index (χ2v) is 62.4. The summed E-state index contributed by atoms with van der Waals surface area (Å²) in [6.07, 6.45) is 12.6. The molecule has 0 radical (unpaired) electrons. The molecule has 3 rings (SSSR count). The van der Waals surface area contributed by atoms with Gasteiger partial charge in [0.1, 0.15) is 0 Å². The van der Waals surface area contributed by atoms with Crippen LogP contribution in [-0.2, 0) is 15.4 Å². The molecule has 2 aliphatic rings. The van der Waals surface area contributed by atoms with Crippen LogP contribution in [0.15, 0.2) is 72.4 Å². The summed E-state index contributed by atoms with van der Waals surface area (Å²) < 4.78 is 7.97. The van der Waals surface area contributed by atoms with Crippen molar-refractivity contribution in [1.82, 2.24) is 0 Å². The summed E-state index contributed by atoms with van der Waals surface area (Å²) in [7, 11) is 0. The van der Waals surface area contributed by atoms with E-state index in [9.17, 15) is 0 Å². The predicted octanol–water partition coefficient (Wildman–Crippen LogP) is 6.96. The van der Waals surface area contributed by atoms with Gasteiger partial charge in [0.05, 0.1) is 0 Å². The van der Waals surface area contributed by atoms with Gasteiger partial charge in [0, 0.05) is 0 Å². The Kier molecular flexibility index (Phi) is 8.41. The van der Waals surface area contributed by atoms with Gasteiger partial charge in [0.15, 0.2) is 0 Å². The van der Waals surface area contributed by atoms with Gasteiger partial charge in [-0.15, -0.1) is 24.8 Å². The molecular weight excluding hydrogens is 622 g/mol. The van der Waals surface area contributed by atoms with Crippen LogP contribution in [0.2, 0.25) is 4.68 Å². The van der Waals surface area contributed by atoms with E-state index >= 15 is 0 Å². The van der Waals surface area contributed by atoms with Crippen LogP contribution >= 0.6 is 24.8 Å². The van der Waals surface area contributed by atoms with Crippen molar-refractivity contribution in [3.63, 3.8) is 0 Å². The summed E-state index contributed by atoms with van der Waals surface area (Å²) in [5.41, 5.74) is 3.55. The monoisotopic (exact) mass is 662 g/mol. The summed E-state index contributed by atoms with van der Waals surface area (Å²) in [4.78, 5) is 0. The molecule has 0 fully saturated rings. The fourth-order valence-electron chi connectivity index (χ4n) is 4.51. The SMILES string of the molecule is CC(C)(C)C1=CC[C]([Hf]([CH3])(=[GeH2])([C]2=CC(C(C)(C)C)=CC2)[c]2ccccc2)=C1.Cl.Cl. The van der Waals surface area contributed by atoms with Crippen molar-refractivity contribution < 1.29 is 15.4 Å². The first-order chi connectivity index (χ1) is 12.3. The van der Waals surface area contributed by atoms with E-state index in [1.807, 2.05) is 0 Å². The summed E-state index contributed by atoms with van der Waals surface area (Å²) in [5, 5.41) is 0. The van der Waals surface area contributed by atoms with Crippen LogP contribution in [0.3, 0.4) is 0 Å². The number of rotatable bonds is 3. The van der Waals surface area contributed by atoms with E-state index in [1.165, 1.54) is 23.4 Å². The molecule has 29 heavy (non-hydrogen) atoms. The van der Waals surface area contributed by atoms with Crippen molar-refractivity contribution in [1.29, 1.82) is 0 Å². The number of benzene rings is 1. The number of hydrogen-bond acceptors (Lipinski definition) is 0. The maximum atomic E-state index is 2.73. The Balaban J connectivity index is 0.00000210. The van der Waals surface area contributed by atoms with Gasteiger partial charge in [0.25, 0.3) is 0 Å². The number of halogens is 2. The van der Waals surface area contributed by atoms with Crippen LogP contribution in [-0.4, -0.2) is 12.2 Å². The molecule has 0 bridgehead atoms. The molecule has 160 valence electrons. The van der Waals surface area contributed by atoms with Gasteiger partial charge in [-0.2, -0.15) is 0 Å². The summed E-state index contributed by atoms with van der Waals surface area (Å²) in [5.74, 6) is 0. The molecule has 0 unspecified atom stereocenters. The molecule has 0 saturated carbocycles. The van der Waals surface area contributed by atoms with Gasteiger partial charge in [-0.3, -0.25) is 0 Å².